The summed E-state index contributed by atoms with van der Waals surface area (Å²) >= 11 is 1.32. The van der Waals surface area contributed by atoms with Crippen LogP contribution in [-0.4, -0.2) is 27.5 Å². The largest absolute Gasteiger partial charge is 0.459 e. The van der Waals surface area contributed by atoms with Gasteiger partial charge >= 0.3 is 5.97 Å². The van der Waals surface area contributed by atoms with Crippen molar-refractivity contribution in [1.82, 2.24) is 0 Å². The molecule has 0 aliphatic rings. The van der Waals surface area contributed by atoms with Crippen LogP contribution < -0.4 is 5.73 Å². The Kier molecular flexibility index (Phi) is 5.40. The monoisotopic (exact) mass is 315 g/mol. The summed E-state index contributed by atoms with van der Waals surface area (Å²) < 4.78 is 11.2. The molecular formula is C14H25NO3SSi. The number of esters is 1. The zero-order valence-corrected chi connectivity index (χ0v) is 15.0. The molecule has 0 unspecified atom stereocenters. The summed E-state index contributed by atoms with van der Waals surface area (Å²) in [6.07, 6.45) is 0. The van der Waals surface area contributed by atoms with Gasteiger partial charge in [0, 0.05) is 0 Å². The summed E-state index contributed by atoms with van der Waals surface area (Å²) in [6, 6.07) is 0. The number of nitrogens with two attached hydrogens (primary N) is 1. The highest BCUT2D eigenvalue weighted by atomic mass is 32.1. The lowest BCUT2D eigenvalue weighted by Gasteiger charge is -2.36. The molecule has 0 atom stereocenters. The highest BCUT2D eigenvalue weighted by Gasteiger charge is 2.36. The molecule has 1 aromatic rings. The maximum absolute atomic E-state index is 11.9. The number of nitrogen functional groups attached to an aromatic ring is 1. The average molecular weight is 316 g/mol. The molecule has 0 aliphatic heterocycles. The van der Waals surface area contributed by atoms with Gasteiger partial charge in [0.05, 0.1) is 12.3 Å². The lowest BCUT2D eigenvalue weighted by Crippen LogP contribution is -2.41. The van der Waals surface area contributed by atoms with E-state index in [4.69, 9.17) is 14.9 Å². The van der Waals surface area contributed by atoms with Crippen LogP contribution in [-0.2, 0) is 9.16 Å². The van der Waals surface area contributed by atoms with Crippen LogP contribution in [0.3, 0.4) is 0 Å². The van der Waals surface area contributed by atoms with Crippen LogP contribution in [0.15, 0.2) is 5.38 Å². The molecule has 1 rings (SSSR count). The predicted molar refractivity (Wildman–Crippen MR) is 86.9 cm³/mol. The first-order chi connectivity index (χ1) is 9.06. The Morgan fingerprint density at radius 1 is 1.35 bits per heavy atom. The number of hydrogen-bond donors (Lipinski definition) is 1. The van der Waals surface area contributed by atoms with Crippen LogP contribution in [0.1, 0.15) is 36.0 Å². The number of carbonyl (C=O) groups is 1. The molecule has 0 radical (unpaired) electrons. The SMILES string of the molecule is Cc1csc(C(=O)OCCO[Si](C)(C)C(C)(C)C)c1N. The number of rotatable bonds is 5. The van der Waals surface area contributed by atoms with Crippen LogP contribution in [0.2, 0.25) is 18.1 Å². The first-order valence-electron chi connectivity index (χ1n) is 6.71. The Bertz CT molecular complexity index is 477. The summed E-state index contributed by atoms with van der Waals surface area (Å²) in [5.41, 5.74) is 7.25. The van der Waals surface area contributed by atoms with Crippen molar-refractivity contribution in [3.8, 4) is 0 Å². The quantitative estimate of drug-likeness (QED) is 0.510. The highest BCUT2D eigenvalue weighted by molar-refractivity contribution is 7.12. The van der Waals surface area contributed by atoms with Gasteiger partial charge in [-0.1, -0.05) is 20.8 Å². The molecule has 0 saturated heterocycles. The van der Waals surface area contributed by atoms with Gasteiger partial charge in [0.1, 0.15) is 11.5 Å². The van der Waals surface area contributed by atoms with E-state index in [1.807, 2.05) is 12.3 Å². The fourth-order valence-electron chi connectivity index (χ4n) is 1.32. The minimum atomic E-state index is -1.78. The van der Waals surface area contributed by atoms with Crippen LogP contribution in [0.5, 0.6) is 0 Å². The topological polar surface area (TPSA) is 61.5 Å². The number of thiophene rings is 1. The smallest absolute Gasteiger partial charge is 0.350 e. The van der Waals surface area contributed by atoms with Crippen molar-refractivity contribution in [2.45, 2.75) is 45.8 Å². The molecule has 0 amide bonds. The summed E-state index contributed by atoms with van der Waals surface area (Å²) in [7, 11) is -1.78. The number of aryl methyl sites for hydroxylation is 1. The molecule has 0 aromatic carbocycles. The van der Waals surface area contributed by atoms with E-state index in [1.165, 1.54) is 11.3 Å². The summed E-state index contributed by atoms with van der Waals surface area (Å²) in [6.45, 7) is 13.5. The van der Waals surface area contributed by atoms with Crippen molar-refractivity contribution >= 4 is 31.3 Å². The molecule has 1 aromatic heterocycles. The minimum absolute atomic E-state index is 0.159. The Labute approximate surface area is 126 Å². The van der Waals surface area contributed by atoms with Crippen molar-refractivity contribution in [3.05, 3.63) is 15.8 Å². The molecule has 114 valence electrons. The van der Waals surface area contributed by atoms with Gasteiger partial charge < -0.3 is 14.9 Å². The van der Waals surface area contributed by atoms with E-state index in [-0.39, 0.29) is 17.6 Å². The average Bonchev–Trinajstić information content (AvgIpc) is 2.64. The Balaban J connectivity index is 2.43. The summed E-state index contributed by atoms with van der Waals surface area (Å²) in [4.78, 5) is 12.3. The molecule has 0 fully saturated rings. The molecule has 4 nitrogen and oxygen atoms in total. The van der Waals surface area contributed by atoms with Crippen molar-refractivity contribution in [2.24, 2.45) is 0 Å². The molecule has 20 heavy (non-hydrogen) atoms. The third kappa shape index (κ3) is 4.07. The molecule has 0 saturated carbocycles. The predicted octanol–water partition coefficient (Wildman–Crippen LogP) is 3.82. The van der Waals surface area contributed by atoms with Gasteiger partial charge in [0.15, 0.2) is 8.32 Å². The second-order valence-corrected chi connectivity index (χ2v) is 12.1. The summed E-state index contributed by atoms with van der Waals surface area (Å²) in [5, 5.41) is 2.02. The van der Waals surface area contributed by atoms with Crippen molar-refractivity contribution in [3.63, 3.8) is 0 Å². The van der Waals surface area contributed by atoms with Gasteiger partial charge in [-0.05, 0) is 36.0 Å². The second-order valence-electron chi connectivity index (χ2n) is 6.41. The first-order valence-corrected chi connectivity index (χ1v) is 10.5. The fraction of sp³-hybridized carbons (Fsp3) is 0.643. The van der Waals surface area contributed by atoms with E-state index in [9.17, 15) is 4.79 Å². The first kappa shape index (κ1) is 17.2. The van der Waals surface area contributed by atoms with Crippen molar-refractivity contribution < 1.29 is 14.0 Å². The molecular weight excluding hydrogens is 290 g/mol. The fourth-order valence-corrected chi connectivity index (χ4v) is 3.22. The molecule has 1 heterocycles. The van der Waals surface area contributed by atoms with E-state index in [0.29, 0.717) is 17.2 Å². The molecule has 0 bridgehead atoms. The van der Waals surface area contributed by atoms with Gasteiger partial charge in [-0.3, -0.25) is 0 Å². The number of ether oxygens (including phenoxy) is 1. The van der Waals surface area contributed by atoms with E-state index in [2.05, 4.69) is 33.9 Å². The standard InChI is InChI=1S/C14H25NO3SSi/c1-10-9-19-12(11(10)15)13(16)17-7-8-18-20(5,6)14(2,3)4/h9H,7-8,15H2,1-6H3. The number of hydrogen-bond acceptors (Lipinski definition) is 5. The third-order valence-corrected chi connectivity index (χ3v) is 9.43. The van der Waals surface area contributed by atoms with Gasteiger partial charge in [-0.15, -0.1) is 11.3 Å². The van der Waals surface area contributed by atoms with Crippen molar-refractivity contribution in [2.75, 3.05) is 18.9 Å². The van der Waals surface area contributed by atoms with E-state index in [0.717, 1.165) is 5.56 Å². The Morgan fingerprint density at radius 2 is 1.95 bits per heavy atom. The Morgan fingerprint density at radius 3 is 2.40 bits per heavy atom. The third-order valence-electron chi connectivity index (χ3n) is 3.79. The van der Waals surface area contributed by atoms with Gasteiger partial charge in [-0.25, -0.2) is 4.79 Å². The van der Waals surface area contributed by atoms with Crippen LogP contribution in [0.25, 0.3) is 0 Å². The number of anilines is 1. The summed E-state index contributed by atoms with van der Waals surface area (Å²) in [5.74, 6) is -0.362. The maximum Gasteiger partial charge on any atom is 0.350 e. The molecule has 0 spiro atoms. The normalized spacial score (nSPS) is 12.5. The van der Waals surface area contributed by atoms with E-state index in [1.54, 1.807) is 0 Å². The van der Waals surface area contributed by atoms with Gasteiger partial charge in [0.25, 0.3) is 0 Å². The molecule has 6 heteroatoms. The lowest BCUT2D eigenvalue weighted by atomic mass is 10.2. The Hall–Kier alpha value is -0.853. The lowest BCUT2D eigenvalue weighted by molar-refractivity contribution is 0.0448. The molecule has 2 N–H and O–H groups in total. The van der Waals surface area contributed by atoms with E-state index < -0.39 is 8.32 Å². The number of carbonyl (C=O) groups excluding carboxylic acids is 1. The van der Waals surface area contributed by atoms with Gasteiger partial charge in [-0.2, -0.15) is 0 Å². The second kappa shape index (κ2) is 6.28. The maximum atomic E-state index is 11.9. The molecule has 0 aliphatic carbocycles. The van der Waals surface area contributed by atoms with Gasteiger partial charge in [0.2, 0.25) is 0 Å². The minimum Gasteiger partial charge on any atom is -0.459 e. The van der Waals surface area contributed by atoms with E-state index >= 15 is 0 Å². The zero-order valence-electron chi connectivity index (χ0n) is 13.2. The van der Waals surface area contributed by atoms with Crippen LogP contribution in [0.4, 0.5) is 5.69 Å². The zero-order chi connectivity index (χ0) is 15.6. The van der Waals surface area contributed by atoms with Crippen molar-refractivity contribution in [1.29, 1.82) is 0 Å². The van der Waals surface area contributed by atoms with Crippen LogP contribution in [0, 0.1) is 6.92 Å². The van der Waals surface area contributed by atoms with Crippen LogP contribution >= 0.6 is 11.3 Å². The highest BCUT2D eigenvalue weighted by Crippen LogP contribution is 2.36.